The molecular formula is C4H8. The van der Waals surface area contributed by atoms with Gasteiger partial charge in [-0.2, -0.15) is 0 Å². The monoisotopic (exact) mass is 57.1 g/mol. The Hall–Kier alpha value is -0.260. The van der Waals surface area contributed by atoms with Crippen LogP contribution in [0.1, 0.15) is 14.7 Å². The zero-order chi connectivity index (χ0) is 4.12. The summed E-state index contributed by atoms with van der Waals surface area (Å²) in [7, 11) is 0. The van der Waals surface area contributed by atoms with E-state index in [4.69, 9.17) is 1.37 Å². The predicted octanol–water partition coefficient (Wildman–Crippen LogP) is 1.58. The average molecular weight is 57.1 g/mol. The van der Waals surface area contributed by atoms with Gasteiger partial charge in [-0.25, -0.2) is 0 Å². The van der Waals surface area contributed by atoms with Crippen molar-refractivity contribution in [3.63, 3.8) is 0 Å². The van der Waals surface area contributed by atoms with E-state index < -0.39 is 0 Å². The van der Waals surface area contributed by atoms with Gasteiger partial charge in [0, 0.05) is 0 Å². The fourth-order valence-electron chi connectivity index (χ4n) is 0. The van der Waals surface area contributed by atoms with Crippen LogP contribution in [0, 0.1) is 0 Å². The largest absolute Gasteiger partial charge is 0.103 e. The van der Waals surface area contributed by atoms with Crippen molar-refractivity contribution in [3.05, 3.63) is 12.6 Å². The summed E-state index contributed by atoms with van der Waals surface area (Å²) in [6.07, 6.45) is 2.77. The Bertz CT molecular complexity index is 30.6. The first-order chi connectivity index (χ1) is 2.41. The molecule has 0 amide bonds. The van der Waals surface area contributed by atoms with Gasteiger partial charge in [0.2, 0.25) is 0 Å². The van der Waals surface area contributed by atoms with E-state index in [1.165, 1.54) is 6.55 Å². The smallest absolute Gasteiger partial charge is 0.0534 e. The zero-order valence-electron chi connectivity index (χ0n) is 3.86. The fraction of sp³-hybridized carbons (Fsp3) is 0.500. The number of hydrogen-bond acceptors (Lipinski definition) is 0. The lowest BCUT2D eigenvalue weighted by Crippen LogP contribution is -1.36. The van der Waals surface area contributed by atoms with Crippen LogP contribution in [0.25, 0.3) is 0 Å². The van der Waals surface area contributed by atoms with E-state index in [2.05, 4.69) is 0 Å². The first-order valence-corrected chi connectivity index (χ1v) is 1.45. The molecule has 0 aromatic heterocycles. The van der Waals surface area contributed by atoms with E-state index in [0.29, 0.717) is 0 Å². The maximum atomic E-state index is 6.42. The van der Waals surface area contributed by atoms with Crippen LogP contribution in [0.2, 0.25) is 0 Å². The summed E-state index contributed by atoms with van der Waals surface area (Å²) in [5.41, 5.74) is 0. The van der Waals surface area contributed by atoms with E-state index in [1.54, 1.807) is 6.08 Å². The maximum Gasteiger partial charge on any atom is 0.0534 e. The molecular weight excluding hydrogens is 48.0 g/mol. The lowest BCUT2D eigenvalue weighted by Gasteiger charge is -1.57. The Morgan fingerprint density at radius 1 is 2.50 bits per heavy atom. The van der Waals surface area contributed by atoms with Crippen molar-refractivity contribution in [2.24, 2.45) is 0 Å². The van der Waals surface area contributed by atoms with Crippen LogP contribution in [0.4, 0.5) is 0 Å². The number of hydrogen-bond donors (Lipinski definition) is 0. The third-order valence-corrected chi connectivity index (χ3v) is 0.236. The van der Waals surface area contributed by atoms with Crippen LogP contribution in [0.15, 0.2) is 12.6 Å². The van der Waals surface area contributed by atoms with E-state index >= 15 is 0 Å². The van der Waals surface area contributed by atoms with Gasteiger partial charge in [0.05, 0.1) is 1.37 Å². The molecule has 0 nitrogen and oxygen atoms in total. The first kappa shape index (κ1) is 2.01. The summed E-state index contributed by atoms with van der Waals surface area (Å²) in [4.78, 5) is 0. The van der Waals surface area contributed by atoms with Crippen LogP contribution in [-0.4, -0.2) is 0 Å². The highest BCUT2D eigenvalue weighted by Crippen LogP contribution is 1.66. The minimum Gasteiger partial charge on any atom is -0.103 e. The molecule has 0 aromatic carbocycles. The average Bonchev–Trinajstić information content (AvgIpc) is 1.41. The molecule has 0 heterocycles. The van der Waals surface area contributed by atoms with Crippen molar-refractivity contribution in [2.45, 2.75) is 13.3 Å². The van der Waals surface area contributed by atoms with Crippen molar-refractivity contribution in [1.82, 2.24) is 0 Å². The Kier molecular flexibility index (Phi) is 1.38. The molecule has 0 N–H and O–H groups in total. The van der Waals surface area contributed by atoms with Gasteiger partial charge in [0.15, 0.2) is 0 Å². The van der Waals surface area contributed by atoms with E-state index in [9.17, 15) is 0 Å². The lowest BCUT2D eigenvalue weighted by atomic mass is 10.5. The topological polar surface area (TPSA) is 0 Å². The molecule has 0 saturated heterocycles. The van der Waals surface area contributed by atoms with Gasteiger partial charge in [-0.1, -0.05) is 13.0 Å². The summed E-state index contributed by atoms with van der Waals surface area (Å²) in [5, 5.41) is 0. The van der Waals surface area contributed by atoms with Gasteiger partial charge in [-0.15, -0.1) is 6.55 Å². The number of rotatable bonds is 1. The lowest BCUT2D eigenvalue weighted by molar-refractivity contribution is 1.23. The SMILES string of the molecule is [2H]/C=C/CC. The third kappa shape index (κ3) is 1.74. The highest BCUT2D eigenvalue weighted by atomic mass is 13.5. The second-order valence-electron chi connectivity index (χ2n) is 0.644. The summed E-state index contributed by atoms with van der Waals surface area (Å²) in [5.74, 6) is 0. The molecule has 24 valence electrons. The van der Waals surface area contributed by atoms with Gasteiger partial charge >= 0.3 is 0 Å². The molecule has 0 spiro atoms. The fourth-order valence-corrected chi connectivity index (χ4v) is 0. The highest BCUT2D eigenvalue weighted by molar-refractivity contribution is 4.60. The normalized spacial score (nSPS) is 12.8. The van der Waals surface area contributed by atoms with Gasteiger partial charge in [-0.3, -0.25) is 0 Å². The van der Waals surface area contributed by atoms with Crippen molar-refractivity contribution in [2.75, 3.05) is 0 Å². The quantitative estimate of drug-likeness (QED) is 0.401. The molecule has 0 aliphatic carbocycles. The molecule has 0 aromatic rings. The van der Waals surface area contributed by atoms with Gasteiger partial charge in [0.1, 0.15) is 0 Å². The van der Waals surface area contributed by atoms with Gasteiger partial charge in [-0.05, 0) is 6.42 Å². The van der Waals surface area contributed by atoms with E-state index in [1.807, 2.05) is 6.92 Å². The molecule has 0 aliphatic rings. The molecule has 0 heteroatoms. The molecule has 4 heavy (non-hydrogen) atoms. The zero-order valence-corrected chi connectivity index (χ0v) is 2.86. The molecule has 0 bridgehead atoms. The summed E-state index contributed by atoms with van der Waals surface area (Å²) in [6.45, 7) is 3.31. The minimum absolute atomic E-state index is 0.976. The predicted molar refractivity (Wildman–Crippen MR) is 20.5 cm³/mol. The number of allylic oxidation sites excluding steroid dienone is 1. The van der Waals surface area contributed by atoms with Crippen molar-refractivity contribution in [1.29, 1.82) is 0 Å². The Balaban J connectivity index is 2.62. The molecule has 0 aliphatic heterocycles. The molecule has 0 rings (SSSR count). The Morgan fingerprint density at radius 2 is 3.25 bits per heavy atom. The van der Waals surface area contributed by atoms with Crippen molar-refractivity contribution in [3.8, 4) is 0 Å². The molecule has 0 saturated carbocycles. The standard InChI is InChI=1S/C4H8/c1-3-4-2/h3H,1,4H2,2H3/i1D/b3-1+. The third-order valence-electron chi connectivity index (χ3n) is 0.236. The van der Waals surface area contributed by atoms with Crippen molar-refractivity contribution < 1.29 is 1.37 Å². The van der Waals surface area contributed by atoms with Crippen LogP contribution in [0.5, 0.6) is 0 Å². The highest BCUT2D eigenvalue weighted by Gasteiger charge is 1.45. The Morgan fingerprint density at radius 3 is 3.25 bits per heavy atom. The van der Waals surface area contributed by atoms with Gasteiger partial charge in [0.25, 0.3) is 0 Å². The molecule has 0 radical (unpaired) electrons. The second-order valence-corrected chi connectivity index (χ2v) is 0.644. The maximum absolute atomic E-state index is 6.42. The minimum atomic E-state index is 0.976. The molecule has 0 atom stereocenters. The van der Waals surface area contributed by atoms with Crippen LogP contribution >= 0.6 is 0 Å². The van der Waals surface area contributed by atoms with E-state index in [0.717, 1.165) is 6.42 Å². The summed E-state index contributed by atoms with van der Waals surface area (Å²) >= 11 is 0. The molecule has 0 unspecified atom stereocenters. The Labute approximate surface area is 28.5 Å². The van der Waals surface area contributed by atoms with Crippen molar-refractivity contribution >= 4 is 0 Å². The van der Waals surface area contributed by atoms with E-state index in [-0.39, 0.29) is 0 Å². The van der Waals surface area contributed by atoms with Crippen LogP contribution < -0.4 is 0 Å². The summed E-state index contributed by atoms with van der Waals surface area (Å²) in [6, 6.07) is 0. The second kappa shape index (κ2) is 2.74. The van der Waals surface area contributed by atoms with Gasteiger partial charge < -0.3 is 0 Å². The van der Waals surface area contributed by atoms with Crippen LogP contribution in [0.3, 0.4) is 0 Å². The summed E-state index contributed by atoms with van der Waals surface area (Å²) < 4.78 is 6.42. The van der Waals surface area contributed by atoms with Crippen LogP contribution in [-0.2, 0) is 0 Å². The molecule has 0 fully saturated rings. The first-order valence-electron chi connectivity index (χ1n) is 2.03.